The lowest BCUT2D eigenvalue weighted by Gasteiger charge is -2.31. The highest BCUT2D eigenvalue weighted by Crippen LogP contribution is 2.48. The normalized spacial score (nSPS) is 16.8. The number of hydrogen-bond acceptors (Lipinski definition) is 4. The van der Waals surface area contributed by atoms with Gasteiger partial charge in [0.25, 0.3) is 0 Å². The number of aromatic nitrogens is 2. The second kappa shape index (κ2) is 9.50. The van der Waals surface area contributed by atoms with Crippen LogP contribution < -0.4 is 9.47 Å². The van der Waals surface area contributed by atoms with Crippen LogP contribution in [0.3, 0.4) is 0 Å². The van der Waals surface area contributed by atoms with Crippen LogP contribution in [0.15, 0.2) is 96.3 Å². The minimum Gasteiger partial charge on any atom is -0.489 e. The van der Waals surface area contributed by atoms with E-state index < -0.39 is 0 Å². The average Bonchev–Trinajstić information content (AvgIpc) is 3.22. The fourth-order valence-electron chi connectivity index (χ4n) is 5.26. The van der Waals surface area contributed by atoms with E-state index in [4.69, 9.17) is 14.6 Å². The van der Waals surface area contributed by atoms with Crippen molar-refractivity contribution in [2.75, 3.05) is 0 Å². The molecule has 6 rings (SSSR count). The third-order valence-corrected chi connectivity index (χ3v) is 6.95. The molecule has 0 radical (unpaired) electrons. The molecular formula is C31H28N2O3. The van der Waals surface area contributed by atoms with Crippen LogP contribution in [0.1, 0.15) is 53.1 Å². The van der Waals surface area contributed by atoms with Crippen molar-refractivity contribution < 1.29 is 14.3 Å². The van der Waals surface area contributed by atoms with Gasteiger partial charge in [0.05, 0.1) is 12.2 Å². The monoisotopic (exact) mass is 476 g/mol. The number of nitrogens with zero attached hydrogens (tertiary/aromatic N) is 2. The van der Waals surface area contributed by atoms with E-state index in [1.54, 1.807) is 0 Å². The summed E-state index contributed by atoms with van der Waals surface area (Å²) in [6.07, 6.45) is 2.12. The number of hydrogen-bond donors (Lipinski definition) is 0. The highest BCUT2D eigenvalue weighted by atomic mass is 16.5. The number of fused-ring (bicyclic) bond motifs is 1. The quantitative estimate of drug-likeness (QED) is 0.325. The summed E-state index contributed by atoms with van der Waals surface area (Å²) < 4.78 is 14.5. The molecule has 4 aromatic rings. The van der Waals surface area contributed by atoms with Crippen molar-refractivity contribution in [3.05, 3.63) is 124 Å². The van der Waals surface area contributed by atoms with E-state index in [-0.39, 0.29) is 11.7 Å². The van der Waals surface area contributed by atoms with Crippen LogP contribution in [0, 0.1) is 6.92 Å². The zero-order valence-corrected chi connectivity index (χ0v) is 20.3. The SMILES string of the molecule is Cc1nn(Cc2ccccc2)c2c1[C@@H](c1cccc(OCc3ccccc3)c1)C1=C(CCCC1=O)O2. The number of carbonyl (C=O) groups excluding carboxylic acids is 1. The van der Waals surface area contributed by atoms with Crippen LogP contribution in [0.4, 0.5) is 0 Å². The minimum atomic E-state index is -0.221. The number of Topliss-reactive ketones (excluding diaryl/α,β-unsaturated/α-hetero) is 1. The van der Waals surface area contributed by atoms with Crippen molar-refractivity contribution in [3.8, 4) is 11.6 Å². The minimum absolute atomic E-state index is 0.165. The number of ketones is 1. The van der Waals surface area contributed by atoms with Crippen LogP contribution in [-0.4, -0.2) is 15.6 Å². The third kappa shape index (κ3) is 4.22. The van der Waals surface area contributed by atoms with Gasteiger partial charge in [0.1, 0.15) is 18.1 Å². The van der Waals surface area contributed by atoms with Crippen molar-refractivity contribution in [1.82, 2.24) is 9.78 Å². The maximum absolute atomic E-state index is 13.2. The first-order valence-corrected chi connectivity index (χ1v) is 12.5. The standard InChI is InChI=1S/C31H28N2O3/c1-21-28-29(24-14-8-15-25(18-24)35-20-23-12-6-3-7-13-23)30-26(34)16-9-17-27(30)36-31(28)33(32-21)19-22-10-4-2-5-11-22/h2-8,10-15,18,29H,9,16-17,19-20H2,1H3/t29-/m1/s1. The molecule has 0 saturated heterocycles. The lowest BCUT2D eigenvalue weighted by Crippen LogP contribution is -2.26. The van der Waals surface area contributed by atoms with Gasteiger partial charge in [0, 0.05) is 29.9 Å². The maximum Gasteiger partial charge on any atom is 0.222 e. The molecule has 36 heavy (non-hydrogen) atoms. The second-order valence-electron chi connectivity index (χ2n) is 9.44. The Morgan fingerprint density at radius 1 is 0.944 bits per heavy atom. The van der Waals surface area contributed by atoms with Gasteiger partial charge < -0.3 is 9.47 Å². The summed E-state index contributed by atoms with van der Waals surface area (Å²) in [6, 6.07) is 28.5. The Morgan fingerprint density at radius 3 is 2.47 bits per heavy atom. The van der Waals surface area contributed by atoms with E-state index in [0.29, 0.717) is 19.6 Å². The molecule has 5 heteroatoms. The Kier molecular flexibility index (Phi) is 5.90. The van der Waals surface area contributed by atoms with Gasteiger partial charge in [-0.3, -0.25) is 4.79 Å². The molecule has 5 nitrogen and oxygen atoms in total. The van der Waals surface area contributed by atoms with E-state index in [0.717, 1.165) is 63.8 Å². The molecule has 1 atom stereocenters. The Balaban J connectivity index is 1.40. The van der Waals surface area contributed by atoms with Crippen LogP contribution in [0.5, 0.6) is 11.6 Å². The molecule has 0 spiro atoms. The van der Waals surface area contributed by atoms with Crippen molar-refractivity contribution in [2.45, 2.75) is 45.3 Å². The van der Waals surface area contributed by atoms with Gasteiger partial charge in [0.15, 0.2) is 5.78 Å². The molecule has 2 aliphatic rings. The first-order valence-electron chi connectivity index (χ1n) is 12.5. The smallest absolute Gasteiger partial charge is 0.222 e. The van der Waals surface area contributed by atoms with Gasteiger partial charge in [-0.05, 0) is 42.2 Å². The fourth-order valence-corrected chi connectivity index (χ4v) is 5.26. The average molecular weight is 477 g/mol. The summed E-state index contributed by atoms with van der Waals surface area (Å²) in [5, 5.41) is 4.87. The Labute approximate surface area is 211 Å². The van der Waals surface area contributed by atoms with Gasteiger partial charge in [-0.1, -0.05) is 72.8 Å². The Morgan fingerprint density at radius 2 is 1.69 bits per heavy atom. The zero-order valence-electron chi connectivity index (χ0n) is 20.3. The number of ether oxygens (including phenoxy) is 2. The molecular weight excluding hydrogens is 448 g/mol. The topological polar surface area (TPSA) is 53.4 Å². The Hall–Kier alpha value is -4.12. The largest absolute Gasteiger partial charge is 0.489 e. The zero-order chi connectivity index (χ0) is 24.5. The number of rotatable bonds is 6. The van der Waals surface area contributed by atoms with Gasteiger partial charge in [-0.2, -0.15) is 5.10 Å². The first-order chi connectivity index (χ1) is 17.7. The maximum atomic E-state index is 13.2. The summed E-state index contributed by atoms with van der Waals surface area (Å²) >= 11 is 0. The summed E-state index contributed by atoms with van der Waals surface area (Å²) in [7, 11) is 0. The van der Waals surface area contributed by atoms with Gasteiger partial charge in [-0.25, -0.2) is 4.68 Å². The number of benzene rings is 3. The predicted molar refractivity (Wildman–Crippen MR) is 138 cm³/mol. The van der Waals surface area contributed by atoms with Gasteiger partial charge in [0.2, 0.25) is 5.88 Å². The highest BCUT2D eigenvalue weighted by molar-refractivity contribution is 5.99. The van der Waals surface area contributed by atoms with Crippen LogP contribution in [0.25, 0.3) is 0 Å². The summed E-state index contributed by atoms with van der Waals surface area (Å²) in [5.74, 6) is 2.25. The molecule has 0 fully saturated rings. The molecule has 1 aromatic heterocycles. The van der Waals surface area contributed by atoms with E-state index in [1.807, 2.05) is 60.1 Å². The second-order valence-corrected chi connectivity index (χ2v) is 9.44. The first kappa shape index (κ1) is 22.4. The molecule has 0 bridgehead atoms. The van der Waals surface area contributed by atoms with Crippen LogP contribution >= 0.6 is 0 Å². The lowest BCUT2D eigenvalue weighted by atomic mass is 9.77. The fraction of sp³-hybridized carbons (Fsp3) is 0.226. The molecule has 0 saturated carbocycles. The van der Waals surface area contributed by atoms with E-state index in [1.165, 1.54) is 0 Å². The summed E-state index contributed by atoms with van der Waals surface area (Å²) in [5.41, 5.74) is 5.92. The summed E-state index contributed by atoms with van der Waals surface area (Å²) in [4.78, 5) is 13.2. The van der Waals surface area contributed by atoms with Crippen LogP contribution in [-0.2, 0) is 17.9 Å². The third-order valence-electron chi connectivity index (χ3n) is 6.95. The van der Waals surface area contributed by atoms with Crippen molar-refractivity contribution in [2.24, 2.45) is 0 Å². The molecule has 1 aliphatic heterocycles. The molecule has 3 aromatic carbocycles. The van der Waals surface area contributed by atoms with Crippen LogP contribution in [0.2, 0.25) is 0 Å². The Bertz CT molecular complexity index is 1440. The lowest BCUT2D eigenvalue weighted by molar-refractivity contribution is -0.116. The predicted octanol–water partition coefficient (Wildman–Crippen LogP) is 6.35. The summed E-state index contributed by atoms with van der Waals surface area (Å²) in [6.45, 7) is 3.11. The molecule has 180 valence electrons. The van der Waals surface area contributed by atoms with Crippen molar-refractivity contribution in [3.63, 3.8) is 0 Å². The molecule has 0 unspecified atom stereocenters. The number of carbonyl (C=O) groups is 1. The highest BCUT2D eigenvalue weighted by Gasteiger charge is 2.40. The molecule has 1 aliphatic carbocycles. The number of allylic oxidation sites excluding steroid dienone is 2. The van der Waals surface area contributed by atoms with Crippen molar-refractivity contribution >= 4 is 5.78 Å². The van der Waals surface area contributed by atoms with E-state index in [9.17, 15) is 4.79 Å². The van der Waals surface area contributed by atoms with E-state index in [2.05, 4.69) is 36.4 Å². The molecule has 0 amide bonds. The molecule has 2 heterocycles. The van der Waals surface area contributed by atoms with Crippen molar-refractivity contribution in [1.29, 1.82) is 0 Å². The van der Waals surface area contributed by atoms with Gasteiger partial charge >= 0.3 is 0 Å². The number of aryl methyl sites for hydroxylation is 1. The van der Waals surface area contributed by atoms with Gasteiger partial charge in [-0.15, -0.1) is 0 Å². The molecule has 0 N–H and O–H groups in total. The van der Waals surface area contributed by atoms with E-state index >= 15 is 0 Å².